The average Bonchev–Trinajstić information content (AvgIpc) is 3.47. The van der Waals surface area contributed by atoms with Crippen LogP contribution in [-0.2, 0) is 32.0 Å². The normalized spacial score (nSPS) is 14.5. The van der Waals surface area contributed by atoms with Gasteiger partial charge in [-0.15, -0.1) is 0 Å². The number of imidazole rings is 1. The van der Waals surface area contributed by atoms with Gasteiger partial charge in [-0.05, 0) is 25.5 Å². The molecule has 1 aromatic carbocycles. The van der Waals surface area contributed by atoms with Gasteiger partial charge in [0, 0.05) is 41.8 Å². The second-order valence-electron chi connectivity index (χ2n) is 8.32. The van der Waals surface area contributed by atoms with E-state index in [0.29, 0.717) is 5.69 Å². The van der Waals surface area contributed by atoms with E-state index in [-0.39, 0.29) is 12.8 Å². The summed E-state index contributed by atoms with van der Waals surface area (Å²) < 4.78 is 0. The number of hydrogen-bond donors (Lipinski definition) is 7. The molecule has 2 aromatic heterocycles. The fraction of sp³-hybridized carbons (Fsp3) is 0.348. The number of para-hydroxylation sites is 1. The number of fused-ring (bicyclic) bond motifs is 1. The molecule has 4 unspecified atom stereocenters. The molecule has 35 heavy (non-hydrogen) atoms. The van der Waals surface area contributed by atoms with Crippen molar-refractivity contribution >= 4 is 34.6 Å². The molecule has 2 heterocycles. The van der Waals surface area contributed by atoms with Gasteiger partial charge in [0.2, 0.25) is 17.7 Å². The Labute approximate surface area is 201 Å². The van der Waals surface area contributed by atoms with Crippen LogP contribution in [0.1, 0.15) is 25.1 Å². The number of aromatic amines is 2. The number of carboxylic acids is 1. The molecular weight excluding hydrogens is 454 g/mol. The zero-order valence-corrected chi connectivity index (χ0v) is 19.4. The summed E-state index contributed by atoms with van der Waals surface area (Å²) in [5.41, 5.74) is 7.79. The highest BCUT2D eigenvalue weighted by Crippen LogP contribution is 2.19. The van der Waals surface area contributed by atoms with E-state index in [9.17, 15) is 24.3 Å². The highest BCUT2D eigenvalue weighted by Gasteiger charge is 2.28. The van der Waals surface area contributed by atoms with Gasteiger partial charge < -0.3 is 36.8 Å². The number of H-pyrrole nitrogens is 2. The van der Waals surface area contributed by atoms with Crippen molar-refractivity contribution in [1.82, 2.24) is 30.9 Å². The van der Waals surface area contributed by atoms with Gasteiger partial charge in [-0.25, -0.2) is 9.78 Å². The lowest BCUT2D eigenvalue weighted by atomic mass is 10.0. The maximum absolute atomic E-state index is 12.9. The Balaban J connectivity index is 1.65. The van der Waals surface area contributed by atoms with Crippen LogP contribution in [0.25, 0.3) is 10.9 Å². The largest absolute Gasteiger partial charge is 0.480 e. The van der Waals surface area contributed by atoms with E-state index in [1.807, 2.05) is 24.3 Å². The fourth-order valence-electron chi connectivity index (χ4n) is 3.53. The number of aliphatic carboxylic acids is 1. The number of nitrogens with one attached hydrogen (secondary N) is 5. The van der Waals surface area contributed by atoms with Crippen molar-refractivity contribution in [3.63, 3.8) is 0 Å². The molecule has 0 bridgehead atoms. The van der Waals surface area contributed by atoms with Crippen molar-refractivity contribution in [2.24, 2.45) is 5.73 Å². The molecule has 0 aliphatic carbocycles. The standard InChI is InChI=1S/C23H29N7O5/c1-12(24)20(31)29-18(8-15-10-25-11-27-15)22(33)28-13(2)21(32)30-19(23(34)35)7-14-9-26-17-6-4-3-5-16(14)17/h3-6,9-13,18-19,26H,7-8,24H2,1-2H3,(H,25,27)(H,28,33)(H,29,31)(H,30,32)(H,34,35). The Morgan fingerprint density at radius 2 is 1.69 bits per heavy atom. The van der Waals surface area contributed by atoms with Gasteiger partial charge in [0.25, 0.3) is 0 Å². The monoisotopic (exact) mass is 483 g/mol. The summed E-state index contributed by atoms with van der Waals surface area (Å²) in [6, 6.07) is 3.30. The molecule has 3 rings (SSSR count). The van der Waals surface area contributed by atoms with E-state index in [2.05, 4.69) is 30.9 Å². The second kappa shape index (κ2) is 11.3. The molecule has 0 saturated carbocycles. The topological polar surface area (TPSA) is 195 Å². The lowest BCUT2D eigenvalue weighted by molar-refractivity contribution is -0.142. The van der Waals surface area contributed by atoms with E-state index in [0.717, 1.165) is 16.5 Å². The molecule has 0 saturated heterocycles. The summed E-state index contributed by atoms with van der Waals surface area (Å²) in [5, 5.41) is 18.1. The zero-order valence-electron chi connectivity index (χ0n) is 19.4. The van der Waals surface area contributed by atoms with Crippen LogP contribution >= 0.6 is 0 Å². The highest BCUT2D eigenvalue weighted by atomic mass is 16.4. The molecule has 3 amide bonds. The highest BCUT2D eigenvalue weighted by molar-refractivity contribution is 5.94. The number of carbonyl (C=O) groups is 4. The van der Waals surface area contributed by atoms with Gasteiger partial charge in [0.15, 0.2) is 0 Å². The van der Waals surface area contributed by atoms with Crippen LogP contribution in [-0.4, -0.2) is 67.9 Å². The van der Waals surface area contributed by atoms with Gasteiger partial charge >= 0.3 is 5.97 Å². The Morgan fingerprint density at radius 1 is 0.971 bits per heavy atom. The van der Waals surface area contributed by atoms with E-state index < -0.39 is 47.9 Å². The first kappa shape index (κ1) is 25.4. The number of amides is 3. The first-order chi connectivity index (χ1) is 16.7. The minimum absolute atomic E-state index is 0.0542. The Kier molecular flexibility index (Phi) is 8.21. The summed E-state index contributed by atoms with van der Waals surface area (Å²) in [4.78, 5) is 59.3. The van der Waals surface area contributed by atoms with Crippen LogP contribution in [0.15, 0.2) is 43.0 Å². The lowest BCUT2D eigenvalue weighted by Gasteiger charge is -2.23. The molecule has 0 aliphatic rings. The Bertz CT molecular complexity index is 1190. The molecule has 0 aliphatic heterocycles. The molecule has 0 spiro atoms. The molecule has 8 N–H and O–H groups in total. The third-order valence-corrected chi connectivity index (χ3v) is 5.49. The van der Waals surface area contributed by atoms with Gasteiger partial charge in [0.1, 0.15) is 18.1 Å². The van der Waals surface area contributed by atoms with Gasteiger partial charge in [-0.2, -0.15) is 0 Å². The minimum Gasteiger partial charge on any atom is -0.480 e. The van der Waals surface area contributed by atoms with Gasteiger partial charge in [-0.3, -0.25) is 14.4 Å². The smallest absolute Gasteiger partial charge is 0.326 e. The zero-order chi connectivity index (χ0) is 25.5. The summed E-state index contributed by atoms with van der Waals surface area (Å²) >= 11 is 0. The van der Waals surface area contributed by atoms with Crippen LogP contribution in [0.4, 0.5) is 0 Å². The van der Waals surface area contributed by atoms with Crippen molar-refractivity contribution in [1.29, 1.82) is 0 Å². The first-order valence-electron chi connectivity index (χ1n) is 11.1. The maximum atomic E-state index is 12.9. The molecule has 12 heteroatoms. The lowest BCUT2D eigenvalue weighted by Crippen LogP contribution is -2.56. The number of aromatic nitrogens is 3. The third-order valence-electron chi connectivity index (χ3n) is 5.49. The summed E-state index contributed by atoms with van der Waals surface area (Å²) in [6.07, 6.45) is 4.80. The first-order valence-corrected chi connectivity index (χ1v) is 11.1. The predicted octanol–water partition coefficient (Wildman–Crippen LogP) is -0.418. The molecule has 4 atom stereocenters. The SMILES string of the molecule is CC(N)C(=O)NC(Cc1cnc[nH]1)C(=O)NC(C)C(=O)NC(Cc1c[nH]c2ccccc12)C(=O)O. The minimum atomic E-state index is -1.21. The van der Waals surface area contributed by atoms with E-state index in [1.165, 1.54) is 26.4 Å². The van der Waals surface area contributed by atoms with Crippen molar-refractivity contribution in [2.45, 2.75) is 50.9 Å². The Hall–Kier alpha value is -4.19. The molecule has 12 nitrogen and oxygen atoms in total. The number of hydrogen-bond acceptors (Lipinski definition) is 6. The maximum Gasteiger partial charge on any atom is 0.326 e. The summed E-state index contributed by atoms with van der Waals surface area (Å²) in [5.74, 6) is -3.04. The predicted molar refractivity (Wildman–Crippen MR) is 127 cm³/mol. The van der Waals surface area contributed by atoms with Crippen molar-refractivity contribution in [3.05, 3.63) is 54.2 Å². The quantitative estimate of drug-likeness (QED) is 0.192. The number of nitrogens with two attached hydrogens (primary N) is 1. The van der Waals surface area contributed by atoms with Crippen molar-refractivity contribution in [2.75, 3.05) is 0 Å². The number of carbonyl (C=O) groups excluding carboxylic acids is 3. The van der Waals surface area contributed by atoms with Crippen molar-refractivity contribution in [3.8, 4) is 0 Å². The van der Waals surface area contributed by atoms with Crippen LogP contribution in [0.3, 0.4) is 0 Å². The summed E-state index contributed by atoms with van der Waals surface area (Å²) in [6.45, 7) is 2.91. The molecule has 186 valence electrons. The second-order valence-corrected chi connectivity index (χ2v) is 8.32. The van der Waals surface area contributed by atoms with Crippen LogP contribution < -0.4 is 21.7 Å². The van der Waals surface area contributed by atoms with Crippen molar-refractivity contribution < 1.29 is 24.3 Å². The van der Waals surface area contributed by atoms with Crippen LogP contribution in [0.5, 0.6) is 0 Å². The number of nitrogens with zero attached hydrogens (tertiary/aromatic N) is 1. The fourth-order valence-corrected chi connectivity index (χ4v) is 3.53. The van der Waals surface area contributed by atoms with E-state index in [4.69, 9.17) is 5.73 Å². The molecule has 0 radical (unpaired) electrons. The summed E-state index contributed by atoms with van der Waals surface area (Å²) in [7, 11) is 0. The molecular formula is C23H29N7O5. The van der Waals surface area contributed by atoms with E-state index in [1.54, 1.807) is 6.20 Å². The number of benzene rings is 1. The molecule has 0 fully saturated rings. The van der Waals surface area contributed by atoms with E-state index >= 15 is 0 Å². The Morgan fingerprint density at radius 3 is 2.34 bits per heavy atom. The average molecular weight is 484 g/mol. The van der Waals surface area contributed by atoms with Gasteiger partial charge in [0.05, 0.1) is 12.4 Å². The number of rotatable bonds is 11. The third kappa shape index (κ3) is 6.67. The van der Waals surface area contributed by atoms with Gasteiger partial charge in [-0.1, -0.05) is 18.2 Å². The van der Waals surface area contributed by atoms with Crippen LogP contribution in [0, 0.1) is 0 Å². The van der Waals surface area contributed by atoms with Crippen LogP contribution in [0.2, 0.25) is 0 Å². The molecule has 3 aromatic rings. The number of carboxylic acid groups (broad SMARTS) is 1.